The summed E-state index contributed by atoms with van der Waals surface area (Å²) in [6.07, 6.45) is -0.765. The Kier molecular flexibility index (Phi) is 6.22. The minimum Gasteiger partial charge on any atom is -0.481 e. The van der Waals surface area contributed by atoms with Gasteiger partial charge in [0.2, 0.25) is 11.8 Å². The zero-order valence-corrected chi connectivity index (χ0v) is 11.2. The number of hydrogen-bond acceptors (Lipinski definition) is 8. The van der Waals surface area contributed by atoms with Crippen LogP contribution >= 0.6 is 0 Å². The summed E-state index contributed by atoms with van der Waals surface area (Å²) in [6, 6.07) is -3.33. The first-order valence-corrected chi connectivity index (χ1v) is 6.01. The molecule has 0 bridgehead atoms. The van der Waals surface area contributed by atoms with Gasteiger partial charge in [-0.15, -0.1) is 10.2 Å². The number of aliphatic carboxylic acids is 2. The van der Waals surface area contributed by atoms with Crippen LogP contribution in [0.1, 0.15) is 24.2 Å². The molecule has 0 fully saturated rings. The molecule has 0 spiro atoms. The Morgan fingerprint density at radius 2 is 1.95 bits per heavy atom. The molecule has 2 amide bonds. The monoisotopic (exact) mass is 317 g/mol. The van der Waals surface area contributed by atoms with E-state index in [0.717, 1.165) is 0 Å². The van der Waals surface area contributed by atoms with E-state index in [2.05, 4.69) is 15.5 Å². The fourth-order valence-corrected chi connectivity index (χ4v) is 1.31. The van der Waals surface area contributed by atoms with Crippen molar-refractivity contribution in [3.05, 3.63) is 11.8 Å². The molecule has 1 rings (SSSR count). The van der Waals surface area contributed by atoms with Crippen molar-refractivity contribution in [3.63, 3.8) is 0 Å². The number of carboxylic acids is 2. The second kappa shape index (κ2) is 7.90. The maximum Gasteiger partial charge on any atom is 0.326 e. The van der Waals surface area contributed by atoms with Gasteiger partial charge in [-0.2, -0.15) is 0 Å². The molecule has 0 aliphatic rings. The smallest absolute Gasteiger partial charge is 0.326 e. The van der Waals surface area contributed by atoms with Crippen molar-refractivity contribution in [1.82, 2.24) is 20.8 Å². The average molecular weight is 317 g/mol. The van der Waals surface area contributed by atoms with Crippen molar-refractivity contribution in [2.24, 2.45) is 5.73 Å². The lowest BCUT2D eigenvalue weighted by Gasteiger charge is -2.12. The van der Waals surface area contributed by atoms with E-state index in [-0.39, 0.29) is 18.3 Å². The number of urea groups is 1. The molecule has 1 aromatic heterocycles. The van der Waals surface area contributed by atoms with Gasteiger partial charge in [0.05, 0.1) is 19.6 Å². The number of nitrogens with two attached hydrogens (primary N) is 1. The van der Waals surface area contributed by atoms with Crippen LogP contribution in [-0.2, 0) is 16.1 Å². The number of aliphatic hydroxyl groups excluding tert-OH is 1. The molecule has 12 nitrogen and oxygen atoms in total. The molecule has 0 saturated carbocycles. The SMILES string of the molecule is NC(CO)c1nnc(CNC(=O)N[C@@H](CC(=O)O)C(=O)O)o1. The molecule has 1 aromatic rings. The highest BCUT2D eigenvalue weighted by Gasteiger charge is 2.23. The van der Waals surface area contributed by atoms with Crippen molar-refractivity contribution in [1.29, 1.82) is 0 Å². The second-order valence-corrected chi connectivity index (χ2v) is 4.14. The number of hydrogen-bond donors (Lipinski definition) is 6. The largest absolute Gasteiger partial charge is 0.481 e. The Balaban J connectivity index is 2.49. The molecule has 12 heteroatoms. The van der Waals surface area contributed by atoms with Gasteiger partial charge in [-0.05, 0) is 0 Å². The van der Waals surface area contributed by atoms with Crippen LogP contribution < -0.4 is 16.4 Å². The minimum absolute atomic E-state index is 0.0147. The predicted octanol–water partition coefficient (Wildman–Crippen LogP) is -2.21. The van der Waals surface area contributed by atoms with Gasteiger partial charge in [-0.25, -0.2) is 9.59 Å². The van der Waals surface area contributed by atoms with Gasteiger partial charge in [0, 0.05) is 0 Å². The normalized spacial score (nSPS) is 13.2. The Bertz CT molecular complexity index is 546. The van der Waals surface area contributed by atoms with Crippen LogP contribution in [0.2, 0.25) is 0 Å². The Morgan fingerprint density at radius 1 is 1.27 bits per heavy atom. The summed E-state index contributed by atoms with van der Waals surface area (Å²) >= 11 is 0. The minimum atomic E-state index is -1.57. The maximum atomic E-state index is 11.5. The van der Waals surface area contributed by atoms with Crippen LogP contribution in [0.25, 0.3) is 0 Å². The average Bonchev–Trinajstić information content (AvgIpc) is 2.92. The summed E-state index contributed by atoms with van der Waals surface area (Å²) in [5.74, 6) is -2.88. The molecule has 2 atom stereocenters. The number of aliphatic hydroxyl groups is 1. The number of nitrogens with one attached hydrogen (secondary N) is 2. The van der Waals surface area contributed by atoms with Crippen molar-refractivity contribution in [3.8, 4) is 0 Å². The molecular formula is C10H15N5O7. The number of carboxylic acid groups (broad SMARTS) is 2. The van der Waals surface area contributed by atoms with Crippen molar-refractivity contribution < 1.29 is 34.1 Å². The zero-order valence-electron chi connectivity index (χ0n) is 11.2. The number of aromatic nitrogens is 2. The van der Waals surface area contributed by atoms with Gasteiger partial charge in [-0.1, -0.05) is 0 Å². The highest BCUT2D eigenvalue weighted by Crippen LogP contribution is 2.07. The van der Waals surface area contributed by atoms with Crippen LogP contribution in [0.5, 0.6) is 0 Å². The van der Waals surface area contributed by atoms with Gasteiger partial charge in [0.25, 0.3) is 0 Å². The van der Waals surface area contributed by atoms with Crippen LogP contribution in [0.15, 0.2) is 4.42 Å². The molecule has 122 valence electrons. The predicted molar refractivity (Wildman–Crippen MR) is 67.4 cm³/mol. The quantitative estimate of drug-likeness (QED) is 0.305. The summed E-state index contributed by atoms with van der Waals surface area (Å²) in [4.78, 5) is 32.7. The molecule has 7 N–H and O–H groups in total. The molecule has 0 aliphatic heterocycles. The molecule has 1 unspecified atom stereocenters. The molecule has 0 radical (unpaired) electrons. The zero-order chi connectivity index (χ0) is 16.7. The van der Waals surface area contributed by atoms with Crippen LogP contribution in [0.3, 0.4) is 0 Å². The van der Waals surface area contributed by atoms with Crippen LogP contribution in [-0.4, -0.2) is 56.1 Å². The maximum absolute atomic E-state index is 11.5. The summed E-state index contributed by atoms with van der Waals surface area (Å²) in [5.41, 5.74) is 5.44. The molecule has 22 heavy (non-hydrogen) atoms. The molecular weight excluding hydrogens is 302 g/mol. The standard InChI is InChI=1S/C10H15N5O7/c11-4(3-16)8-15-14-6(22-8)2-12-10(21)13-5(9(19)20)1-7(17)18/h4-5,16H,1-3,11H2,(H,17,18)(H,19,20)(H2,12,13,21)/t4?,5-/m0/s1. The summed E-state index contributed by atoms with van der Waals surface area (Å²) in [7, 11) is 0. The molecule has 0 saturated heterocycles. The number of carbonyl (C=O) groups is 3. The number of rotatable bonds is 8. The number of carbonyl (C=O) groups excluding carboxylic acids is 1. The van der Waals surface area contributed by atoms with E-state index in [1.807, 2.05) is 5.32 Å². The summed E-state index contributed by atoms with van der Waals surface area (Å²) < 4.78 is 5.04. The van der Waals surface area contributed by atoms with E-state index in [1.165, 1.54) is 0 Å². The van der Waals surface area contributed by atoms with E-state index >= 15 is 0 Å². The third kappa shape index (κ3) is 5.34. The Hall–Kier alpha value is -2.73. The van der Waals surface area contributed by atoms with Gasteiger partial charge >= 0.3 is 18.0 Å². The van der Waals surface area contributed by atoms with Gasteiger partial charge in [-0.3, -0.25) is 4.79 Å². The van der Waals surface area contributed by atoms with E-state index in [1.54, 1.807) is 0 Å². The van der Waals surface area contributed by atoms with Crippen molar-refractivity contribution >= 4 is 18.0 Å². The van der Waals surface area contributed by atoms with E-state index < -0.39 is 43.1 Å². The third-order valence-corrected chi connectivity index (χ3v) is 2.38. The third-order valence-electron chi connectivity index (χ3n) is 2.38. The van der Waals surface area contributed by atoms with E-state index in [9.17, 15) is 14.4 Å². The van der Waals surface area contributed by atoms with Gasteiger partial charge < -0.3 is 36.1 Å². The van der Waals surface area contributed by atoms with Crippen molar-refractivity contribution in [2.45, 2.75) is 25.0 Å². The van der Waals surface area contributed by atoms with Crippen molar-refractivity contribution in [2.75, 3.05) is 6.61 Å². The first-order chi connectivity index (χ1) is 10.3. The molecule has 0 aromatic carbocycles. The topological polar surface area (TPSA) is 201 Å². The fourth-order valence-electron chi connectivity index (χ4n) is 1.31. The van der Waals surface area contributed by atoms with Gasteiger partial charge in [0.15, 0.2) is 0 Å². The van der Waals surface area contributed by atoms with Crippen LogP contribution in [0, 0.1) is 0 Å². The lowest BCUT2D eigenvalue weighted by molar-refractivity contribution is -0.145. The second-order valence-electron chi connectivity index (χ2n) is 4.14. The number of amides is 2. The highest BCUT2D eigenvalue weighted by atomic mass is 16.4. The Morgan fingerprint density at radius 3 is 2.50 bits per heavy atom. The van der Waals surface area contributed by atoms with E-state index in [0.29, 0.717) is 0 Å². The Labute approximate surface area is 123 Å². The summed E-state index contributed by atoms with van der Waals surface area (Å²) in [6.45, 7) is -0.624. The number of nitrogens with zero attached hydrogens (tertiary/aromatic N) is 2. The molecule has 1 heterocycles. The fraction of sp³-hybridized carbons (Fsp3) is 0.500. The van der Waals surface area contributed by atoms with Gasteiger partial charge in [0.1, 0.15) is 12.1 Å². The first kappa shape index (κ1) is 17.3. The highest BCUT2D eigenvalue weighted by molar-refractivity contribution is 5.86. The summed E-state index contributed by atoms with van der Waals surface area (Å²) in [5, 5.41) is 37.4. The molecule has 0 aliphatic carbocycles. The van der Waals surface area contributed by atoms with Crippen LogP contribution in [0.4, 0.5) is 4.79 Å². The lowest BCUT2D eigenvalue weighted by atomic mass is 10.2. The lowest BCUT2D eigenvalue weighted by Crippen LogP contribution is -2.46. The first-order valence-electron chi connectivity index (χ1n) is 6.01. The van der Waals surface area contributed by atoms with E-state index in [4.69, 9.17) is 25.5 Å².